The summed E-state index contributed by atoms with van der Waals surface area (Å²) in [4.78, 5) is 27.3. The van der Waals surface area contributed by atoms with Crippen molar-refractivity contribution >= 4 is 17.5 Å². The number of hydrogen-bond acceptors (Lipinski definition) is 6. The summed E-state index contributed by atoms with van der Waals surface area (Å²) in [5.74, 6) is -2.03. The van der Waals surface area contributed by atoms with Crippen molar-refractivity contribution < 1.29 is 23.8 Å². The van der Waals surface area contributed by atoms with Crippen LogP contribution in [-0.2, 0) is 23.8 Å². The normalized spacial score (nSPS) is 36.3. The first kappa shape index (κ1) is 14.8. The van der Waals surface area contributed by atoms with Crippen molar-refractivity contribution in [3.8, 4) is 6.07 Å². The molecule has 4 aliphatic heterocycles. The Morgan fingerprint density at radius 2 is 1.92 bits per heavy atom. The van der Waals surface area contributed by atoms with E-state index >= 15 is 0 Å². The van der Waals surface area contributed by atoms with Crippen LogP contribution in [0.15, 0.2) is 36.4 Å². The maximum Gasteiger partial charge on any atom is 0.241 e. The Bertz CT molecular complexity index is 853. The zero-order chi connectivity index (χ0) is 17.2. The number of hydrogen-bond donors (Lipinski definition) is 0. The van der Waals surface area contributed by atoms with Crippen LogP contribution < -0.4 is 4.90 Å². The smallest absolute Gasteiger partial charge is 0.241 e. The molecule has 0 aliphatic carbocycles. The van der Waals surface area contributed by atoms with Gasteiger partial charge in [-0.15, -0.1) is 0 Å². The molecule has 25 heavy (non-hydrogen) atoms. The SMILES string of the molecule is N#Cc1ccccc1N1C(=O)[C@@H]2[C@@H](C1=O)[C@@]1(C3OCCO3)C=C[C@H]2O1. The van der Waals surface area contributed by atoms with Crippen LogP contribution in [0, 0.1) is 23.2 Å². The highest BCUT2D eigenvalue weighted by molar-refractivity contribution is 6.23. The van der Waals surface area contributed by atoms with Gasteiger partial charge in [-0.1, -0.05) is 18.2 Å². The number of carbonyl (C=O) groups excluding carboxylic acids is 2. The zero-order valence-corrected chi connectivity index (χ0v) is 13.1. The lowest BCUT2D eigenvalue weighted by Crippen LogP contribution is -2.49. The van der Waals surface area contributed by atoms with Crippen LogP contribution in [0.25, 0.3) is 0 Å². The van der Waals surface area contributed by atoms with E-state index in [1.165, 1.54) is 0 Å². The third kappa shape index (κ3) is 1.74. The van der Waals surface area contributed by atoms with Gasteiger partial charge in [-0.05, 0) is 18.2 Å². The Hall–Kier alpha value is -2.53. The number of para-hydroxylation sites is 1. The Kier molecular flexibility index (Phi) is 2.95. The summed E-state index contributed by atoms with van der Waals surface area (Å²) in [6, 6.07) is 8.64. The van der Waals surface area contributed by atoms with Gasteiger partial charge < -0.3 is 14.2 Å². The third-order valence-corrected chi connectivity index (χ3v) is 5.33. The van der Waals surface area contributed by atoms with Crippen LogP contribution >= 0.6 is 0 Å². The van der Waals surface area contributed by atoms with E-state index in [2.05, 4.69) is 0 Å². The summed E-state index contributed by atoms with van der Waals surface area (Å²) in [6.45, 7) is 0.851. The van der Waals surface area contributed by atoms with Gasteiger partial charge in [0.25, 0.3) is 0 Å². The summed E-state index contributed by atoms with van der Waals surface area (Å²) < 4.78 is 17.2. The van der Waals surface area contributed by atoms with Gasteiger partial charge in [0.05, 0.1) is 42.4 Å². The van der Waals surface area contributed by atoms with Crippen LogP contribution in [0.1, 0.15) is 5.56 Å². The van der Waals surface area contributed by atoms with Crippen molar-refractivity contribution in [1.29, 1.82) is 5.26 Å². The van der Waals surface area contributed by atoms with Gasteiger partial charge in [0.15, 0.2) is 11.9 Å². The lowest BCUT2D eigenvalue weighted by atomic mass is 9.76. The lowest BCUT2D eigenvalue weighted by molar-refractivity contribution is -0.180. The van der Waals surface area contributed by atoms with Crippen molar-refractivity contribution in [1.82, 2.24) is 0 Å². The van der Waals surface area contributed by atoms with E-state index in [-0.39, 0.29) is 17.4 Å². The quantitative estimate of drug-likeness (QED) is 0.584. The molecule has 0 spiro atoms. The molecule has 3 fully saturated rings. The molecule has 3 saturated heterocycles. The van der Waals surface area contributed by atoms with Gasteiger partial charge in [-0.25, -0.2) is 4.90 Å². The first-order chi connectivity index (χ1) is 12.2. The van der Waals surface area contributed by atoms with E-state index in [1.54, 1.807) is 36.4 Å². The fourth-order valence-corrected chi connectivity index (χ4v) is 4.33. The lowest BCUT2D eigenvalue weighted by Gasteiger charge is -2.32. The molecule has 2 bridgehead atoms. The van der Waals surface area contributed by atoms with E-state index in [9.17, 15) is 14.9 Å². The van der Waals surface area contributed by atoms with Gasteiger partial charge >= 0.3 is 0 Å². The molecule has 0 N–H and O–H groups in total. The second-order valence-electron chi connectivity index (χ2n) is 6.51. The standard InChI is InChI=1S/C18H14N2O5/c19-9-10-3-1-2-4-11(10)20-15(21)13-12-5-6-18(25-12,14(13)16(20)22)17-23-7-8-24-17/h1-6,12-14,17H,7-8H2/t12-,13+,14+,18-/m1/s1. The first-order valence-corrected chi connectivity index (χ1v) is 8.15. The van der Waals surface area contributed by atoms with Gasteiger partial charge in [0, 0.05) is 0 Å². The molecule has 7 nitrogen and oxygen atoms in total. The van der Waals surface area contributed by atoms with Crippen LogP contribution in [0.2, 0.25) is 0 Å². The highest BCUT2D eigenvalue weighted by Crippen LogP contribution is 2.55. The fourth-order valence-electron chi connectivity index (χ4n) is 4.33. The summed E-state index contributed by atoms with van der Waals surface area (Å²) in [7, 11) is 0. The van der Waals surface area contributed by atoms with E-state index in [4.69, 9.17) is 14.2 Å². The molecule has 0 aromatic heterocycles. The molecule has 0 unspecified atom stereocenters. The van der Waals surface area contributed by atoms with Crippen LogP contribution in [-0.4, -0.2) is 43.0 Å². The number of fused-ring (bicyclic) bond motifs is 5. The summed E-state index contributed by atoms with van der Waals surface area (Å²) in [5, 5.41) is 9.32. The molecular weight excluding hydrogens is 324 g/mol. The van der Waals surface area contributed by atoms with Gasteiger partial charge in [-0.2, -0.15) is 5.26 Å². The predicted molar refractivity (Wildman–Crippen MR) is 83.1 cm³/mol. The minimum Gasteiger partial charge on any atom is -0.357 e. The van der Waals surface area contributed by atoms with E-state index in [0.717, 1.165) is 4.90 Å². The largest absolute Gasteiger partial charge is 0.357 e. The number of rotatable bonds is 2. The van der Waals surface area contributed by atoms with Crippen LogP contribution in [0.5, 0.6) is 0 Å². The van der Waals surface area contributed by atoms with Crippen molar-refractivity contribution in [2.45, 2.75) is 18.0 Å². The van der Waals surface area contributed by atoms with Crippen LogP contribution in [0.3, 0.4) is 0 Å². The Labute approximate surface area is 143 Å². The Morgan fingerprint density at radius 1 is 1.16 bits per heavy atom. The highest BCUT2D eigenvalue weighted by Gasteiger charge is 2.71. The second-order valence-corrected chi connectivity index (χ2v) is 6.51. The highest BCUT2D eigenvalue weighted by atomic mass is 16.7. The predicted octanol–water partition coefficient (Wildman–Crippen LogP) is 0.744. The molecule has 4 aliphatic rings. The van der Waals surface area contributed by atoms with E-state index in [1.807, 2.05) is 6.07 Å². The molecule has 7 heteroatoms. The first-order valence-electron chi connectivity index (χ1n) is 8.15. The molecule has 2 amide bonds. The van der Waals surface area contributed by atoms with Crippen LogP contribution in [0.4, 0.5) is 5.69 Å². The minimum atomic E-state index is -1.07. The maximum atomic E-state index is 13.2. The Balaban J connectivity index is 1.59. The number of anilines is 1. The number of benzene rings is 1. The summed E-state index contributed by atoms with van der Waals surface area (Å²) in [5.41, 5.74) is -0.473. The summed E-state index contributed by atoms with van der Waals surface area (Å²) in [6.07, 6.45) is 2.41. The molecule has 126 valence electrons. The molecule has 4 heterocycles. The molecular formula is C18H14N2O5. The van der Waals surface area contributed by atoms with Gasteiger partial charge in [-0.3, -0.25) is 9.59 Å². The van der Waals surface area contributed by atoms with Crippen molar-refractivity contribution in [2.75, 3.05) is 18.1 Å². The van der Waals surface area contributed by atoms with Crippen molar-refractivity contribution in [3.05, 3.63) is 42.0 Å². The third-order valence-electron chi connectivity index (χ3n) is 5.33. The number of ether oxygens (including phenoxy) is 3. The number of nitriles is 1. The van der Waals surface area contributed by atoms with E-state index in [0.29, 0.717) is 18.9 Å². The fraction of sp³-hybridized carbons (Fsp3) is 0.389. The molecule has 0 radical (unpaired) electrons. The average molecular weight is 338 g/mol. The monoisotopic (exact) mass is 338 g/mol. The summed E-state index contributed by atoms with van der Waals surface area (Å²) >= 11 is 0. The van der Waals surface area contributed by atoms with Gasteiger partial charge in [0.1, 0.15) is 6.07 Å². The number of nitrogens with zero attached hydrogens (tertiary/aromatic N) is 2. The van der Waals surface area contributed by atoms with Gasteiger partial charge in [0.2, 0.25) is 11.8 Å². The minimum absolute atomic E-state index is 0.285. The topological polar surface area (TPSA) is 88.9 Å². The Morgan fingerprint density at radius 3 is 2.68 bits per heavy atom. The van der Waals surface area contributed by atoms with E-state index < -0.39 is 29.8 Å². The average Bonchev–Trinajstić information content (AvgIpc) is 3.38. The number of imide groups is 1. The molecule has 1 aromatic rings. The molecule has 5 rings (SSSR count). The maximum absolute atomic E-state index is 13.2. The second kappa shape index (κ2) is 4.99. The van der Waals surface area contributed by atoms with Crippen molar-refractivity contribution in [3.63, 3.8) is 0 Å². The number of carbonyl (C=O) groups is 2. The molecule has 0 saturated carbocycles. The molecule has 1 aromatic carbocycles. The molecule has 4 atom stereocenters. The van der Waals surface area contributed by atoms with Crippen molar-refractivity contribution in [2.24, 2.45) is 11.8 Å². The number of amides is 2. The zero-order valence-electron chi connectivity index (χ0n) is 13.1.